The fourth-order valence-electron chi connectivity index (χ4n) is 1.41. The molecular formula is C11H4BrClFN7. The van der Waals surface area contributed by atoms with Gasteiger partial charge in [-0.1, -0.05) is 11.6 Å². The Kier molecular flexibility index (Phi) is 4.48. The van der Waals surface area contributed by atoms with Gasteiger partial charge in [-0.3, -0.25) is 0 Å². The van der Waals surface area contributed by atoms with Crippen molar-refractivity contribution in [1.29, 1.82) is 10.5 Å². The Hall–Kier alpha value is -2.49. The van der Waals surface area contributed by atoms with Crippen LogP contribution in [0.4, 0.5) is 10.1 Å². The summed E-state index contributed by atoms with van der Waals surface area (Å²) in [7, 11) is 0. The highest BCUT2D eigenvalue weighted by Gasteiger charge is 2.16. The van der Waals surface area contributed by atoms with Gasteiger partial charge in [-0.25, -0.2) is 4.39 Å². The molecule has 2 aromatic rings. The summed E-state index contributed by atoms with van der Waals surface area (Å²) >= 11 is 8.92. The summed E-state index contributed by atoms with van der Waals surface area (Å²) in [6, 6.07) is 4.85. The topological polar surface area (TPSA) is 114 Å². The van der Waals surface area contributed by atoms with E-state index < -0.39 is 5.82 Å². The standard InChI is InChI=1S/C11H4BrClFN7/c12-7-1-8(13)10(6(3-16)9(7)14)17-4-5(2-15)11-18-20-21-19-11/h1,4,17H,(H,18,19,20,21). The van der Waals surface area contributed by atoms with Gasteiger partial charge in [-0.15, -0.1) is 10.2 Å². The van der Waals surface area contributed by atoms with Crippen LogP contribution in [0.3, 0.4) is 0 Å². The van der Waals surface area contributed by atoms with E-state index in [4.69, 9.17) is 22.1 Å². The first kappa shape index (κ1) is 14.9. The first-order valence-electron chi connectivity index (χ1n) is 5.26. The van der Waals surface area contributed by atoms with Crippen molar-refractivity contribution in [3.63, 3.8) is 0 Å². The molecule has 0 aliphatic heterocycles. The van der Waals surface area contributed by atoms with Gasteiger partial charge in [0.25, 0.3) is 0 Å². The van der Waals surface area contributed by atoms with Crippen molar-refractivity contribution in [3.8, 4) is 12.1 Å². The van der Waals surface area contributed by atoms with E-state index in [0.717, 1.165) is 0 Å². The minimum atomic E-state index is -0.754. The molecule has 0 fully saturated rings. The average molecular weight is 369 g/mol. The zero-order chi connectivity index (χ0) is 15.4. The highest BCUT2D eigenvalue weighted by atomic mass is 79.9. The van der Waals surface area contributed by atoms with E-state index in [1.54, 1.807) is 6.07 Å². The number of anilines is 1. The molecule has 104 valence electrons. The lowest BCUT2D eigenvalue weighted by Gasteiger charge is -2.08. The second-order valence-corrected chi connectivity index (χ2v) is 4.83. The van der Waals surface area contributed by atoms with Crippen LogP contribution in [0.15, 0.2) is 16.7 Å². The van der Waals surface area contributed by atoms with Crippen molar-refractivity contribution in [3.05, 3.63) is 39.0 Å². The Morgan fingerprint density at radius 1 is 1.52 bits per heavy atom. The molecule has 2 rings (SSSR count). The molecule has 0 amide bonds. The number of aromatic nitrogens is 4. The van der Waals surface area contributed by atoms with E-state index in [2.05, 4.69) is 41.9 Å². The van der Waals surface area contributed by atoms with Crippen LogP contribution in [-0.4, -0.2) is 20.6 Å². The number of nitriles is 2. The lowest BCUT2D eigenvalue weighted by molar-refractivity contribution is 0.618. The predicted molar refractivity (Wildman–Crippen MR) is 75.2 cm³/mol. The fraction of sp³-hybridized carbons (Fsp3) is 0. The summed E-state index contributed by atoms with van der Waals surface area (Å²) in [5.74, 6) is -0.701. The molecule has 0 saturated carbocycles. The van der Waals surface area contributed by atoms with Crippen LogP contribution in [0.25, 0.3) is 5.57 Å². The van der Waals surface area contributed by atoms with Gasteiger partial charge in [0.2, 0.25) is 5.82 Å². The third-order valence-corrected chi connectivity index (χ3v) is 3.23. The number of nitrogens with zero attached hydrogens (tertiary/aromatic N) is 5. The van der Waals surface area contributed by atoms with Crippen LogP contribution >= 0.6 is 27.5 Å². The molecule has 0 unspecified atom stereocenters. The van der Waals surface area contributed by atoms with Gasteiger partial charge in [0, 0.05) is 6.20 Å². The Morgan fingerprint density at radius 3 is 2.86 bits per heavy atom. The Labute approximate surface area is 131 Å². The number of benzene rings is 1. The molecule has 0 aliphatic rings. The van der Waals surface area contributed by atoms with Gasteiger partial charge in [0.05, 0.1) is 15.2 Å². The van der Waals surface area contributed by atoms with E-state index in [9.17, 15) is 4.39 Å². The minimum absolute atomic E-state index is 0.0343. The molecule has 0 saturated heterocycles. The normalized spacial score (nSPS) is 10.8. The van der Waals surface area contributed by atoms with Crippen molar-refractivity contribution in [2.45, 2.75) is 0 Å². The number of hydrogen-bond donors (Lipinski definition) is 2. The van der Waals surface area contributed by atoms with E-state index >= 15 is 0 Å². The summed E-state index contributed by atoms with van der Waals surface area (Å²) in [6.07, 6.45) is 1.21. The van der Waals surface area contributed by atoms with Crippen LogP contribution in [0.1, 0.15) is 11.4 Å². The molecule has 21 heavy (non-hydrogen) atoms. The van der Waals surface area contributed by atoms with Crippen molar-refractivity contribution < 1.29 is 4.39 Å². The fourth-order valence-corrected chi connectivity index (χ4v) is 2.23. The van der Waals surface area contributed by atoms with Gasteiger partial charge in [0.15, 0.2) is 5.82 Å². The minimum Gasteiger partial charge on any atom is -0.358 e. The summed E-state index contributed by atoms with van der Waals surface area (Å²) < 4.78 is 13.9. The van der Waals surface area contributed by atoms with Gasteiger partial charge in [-0.05, 0) is 27.2 Å². The maximum absolute atomic E-state index is 13.8. The molecule has 7 nitrogen and oxygen atoms in total. The van der Waals surface area contributed by atoms with E-state index in [1.165, 1.54) is 12.3 Å². The molecule has 0 radical (unpaired) electrons. The first-order valence-corrected chi connectivity index (χ1v) is 6.43. The number of hydrogen-bond acceptors (Lipinski definition) is 6. The van der Waals surface area contributed by atoms with Gasteiger partial charge >= 0.3 is 0 Å². The molecule has 0 aliphatic carbocycles. The molecule has 2 N–H and O–H groups in total. The first-order chi connectivity index (χ1) is 10.1. The Balaban J connectivity index is 2.44. The van der Waals surface area contributed by atoms with Gasteiger partial charge in [-0.2, -0.15) is 15.7 Å². The lowest BCUT2D eigenvalue weighted by Crippen LogP contribution is -1.99. The molecule has 0 bridgehead atoms. The van der Waals surface area contributed by atoms with E-state index in [-0.39, 0.29) is 32.1 Å². The molecule has 1 aromatic carbocycles. The number of nitrogens with one attached hydrogen (secondary N) is 2. The van der Waals surface area contributed by atoms with Crippen molar-refractivity contribution in [2.24, 2.45) is 0 Å². The van der Waals surface area contributed by atoms with Crippen LogP contribution in [0.5, 0.6) is 0 Å². The summed E-state index contributed by atoms with van der Waals surface area (Å²) in [5, 5.41) is 33.6. The third kappa shape index (κ3) is 2.99. The summed E-state index contributed by atoms with van der Waals surface area (Å²) in [4.78, 5) is 0. The summed E-state index contributed by atoms with van der Waals surface area (Å²) in [6.45, 7) is 0. The Bertz CT molecular complexity index is 788. The number of tetrazole rings is 1. The van der Waals surface area contributed by atoms with Gasteiger partial charge in [0.1, 0.15) is 23.3 Å². The van der Waals surface area contributed by atoms with Gasteiger partial charge < -0.3 is 5.32 Å². The Morgan fingerprint density at radius 2 is 2.29 bits per heavy atom. The number of H-pyrrole nitrogens is 1. The van der Waals surface area contributed by atoms with Crippen molar-refractivity contribution in [2.75, 3.05) is 5.32 Å². The summed E-state index contributed by atoms with van der Waals surface area (Å²) in [5.41, 5.74) is -0.209. The molecule has 0 atom stereocenters. The lowest BCUT2D eigenvalue weighted by atomic mass is 10.2. The van der Waals surface area contributed by atoms with E-state index in [1.807, 2.05) is 6.07 Å². The number of rotatable bonds is 3. The zero-order valence-corrected chi connectivity index (χ0v) is 12.4. The van der Waals surface area contributed by atoms with Crippen molar-refractivity contribution in [1.82, 2.24) is 20.6 Å². The quantitative estimate of drug-likeness (QED) is 0.636. The molecule has 1 aromatic heterocycles. The number of aromatic amines is 1. The average Bonchev–Trinajstić information content (AvgIpc) is 2.99. The van der Waals surface area contributed by atoms with Crippen LogP contribution in [0.2, 0.25) is 5.02 Å². The van der Waals surface area contributed by atoms with Crippen molar-refractivity contribution >= 4 is 38.8 Å². The molecule has 0 spiro atoms. The largest absolute Gasteiger partial charge is 0.358 e. The SMILES string of the molecule is N#CC(=CNc1c(Cl)cc(Br)c(F)c1C#N)c1nn[nH]n1. The highest BCUT2D eigenvalue weighted by molar-refractivity contribution is 9.10. The van der Waals surface area contributed by atoms with Crippen LogP contribution < -0.4 is 5.32 Å². The number of halogens is 3. The molecular weight excluding hydrogens is 365 g/mol. The van der Waals surface area contributed by atoms with Crippen LogP contribution in [0, 0.1) is 28.5 Å². The smallest absolute Gasteiger partial charge is 0.216 e. The second kappa shape index (κ2) is 6.31. The second-order valence-electron chi connectivity index (χ2n) is 3.57. The third-order valence-electron chi connectivity index (χ3n) is 2.35. The predicted octanol–water partition coefficient (Wildman–Crippen LogP) is 2.60. The van der Waals surface area contributed by atoms with Crippen LogP contribution in [-0.2, 0) is 0 Å². The zero-order valence-electron chi connectivity index (χ0n) is 10.0. The highest BCUT2D eigenvalue weighted by Crippen LogP contribution is 2.33. The monoisotopic (exact) mass is 367 g/mol. The maximum atomic E-state index is 13.8. The van der Waals surface area contributed by atoms with E-state index in [0.29, 0.717) is 0 Å². The maximum Gasteiger partial charge on any atom is 0.216 e. The number of allylic oxidation sites excluding steroid dienone is 1. The molecule has 1 heterocycles. The molecule has 10 heteroatoms.